The molecule has 120 valence electrons. The first-order valence-electron chi connectivity index (χ1n) is 7.38. The Balaban J connectivity index is 1.70. The van der Waals surface area contributed by atoms with Crippen molar-refractivity contribution in [1.82, 2.24) is 19.6 Å². The van der Waals surface area contributed by atoms with Gasteiger partial charge in [-0.05, 0) is 24.4 Å². The molecule has 1 aromatic heterocycles. The van der Waals surface area contributed by atoms with Gasteiger partial charge in [0.2, 0.25) is 5.89 Å². The van der Waals surface area contributed by atoms with Crippen molar-refractivity contribution in [3.05, 3.63) is 34.1 Å². The van der Waals surface area contributed by atoms with E-state index in [1.807, 2.05) is 18.2 Å². The Hall–Kier alpha value is -1.65. The summed E-state index contributed by atoms with van der Waals surface area (Å²) < 4.78 is 7.30. The van der Waals surface area contributed by atoms with E-state index in [0.29, 0.717) is 29.0 Å². The minimum atomic E-state index is 0.353. The molecule has 3 rings (SSSR count). The summed E-state index contributed by atoms with van der Waals surface area (Å²) in [6.45, 7) is 5.07. The number of rotatable bonds is 4. The average Bonchev–Trinajstić information content (AvgIpc) is 2.91. The van der Waals surface area contributed by atoms with Crippen LogP contribution in [0.15, 0.2) is 28.7 Å². The van der Waals surface area contributed by atoms with Gasteiger partial charge in [-0.15, -0.1) is 11.5 Å². The molecule has 1 aromatic carbocycles. The molecule has 0 aliphatic carbocycles. The number of benzene rings is 1. The van der Waals surface area contributed by atoms with Gasteiger partial charge in [-0.1, -0.05) is 29.7 Å². The zero-order valence-corrected chi connectivity index (χ0v) is 14.2. The quantitative estimate of drug-likeness (QED) is 0.627. The highest BCUT2D eigenvalue weighted by atomic mass is 35.5. The smallest absolute Gasteiger partial charge is 0.288 e. The molecule has 0 amide bonds. The van der Waals surface area contributed by atoms with Crippen LogP contribution in [-0.2, 0) is 6.67 Å². The molecule has 0 bridgehead atoms. The van der Waals surface area contributed by atoms with Gasteiger partial charge < -0.3 is 4.42 Å². The minimum absolute atomic E-state index is 0.353. The van der Waals surface area contributed by atoms with Gasteiger partial charge in [-0.3, -0.25) is 9.80 Å². The van der Waals surface area contributed by atoms with Crippen LogP contribution in [-0.4, -0.2) is 52.3 Å². The molecule has 1 aliphatic rings. The maximum atomic E-state index is 6.18. The van der Waals surface area contributed by atoms with Crippen LogP contribution < -0.4 is 0 Å². The molecule has 5 nitrogen and oxygen atoms in total. The van der Waals surface area contributed by atoms with Gasteiger partial charge in [0.25, 0.3) is 4.84 Å². The summed E-state index contributed by atoms with van der Waals surface area (Å²) in [7, 11) is 0. The van der Waals surface area contributed by atoms with E-state index in [-0.39, 0.29) is 0 Å². The van der Waals surface area contributed by atoms with E-state index in [4.69, 9.17) is 34.7 Å². The summed E-state index contributed by atoms with van der Waals surface area (Å²) in [4.78, 5) is 4.89. The Kier molecular flexibility index (Phi) is 5.13. The number of halogens is 1. The molecule has 23 heavy (non-hydrogen) atoms. The number of hydrogen-bond acceptors (Lipinski definition) is 5. The predicted octanol–water partition coefficient (Wildman–Crippen LogP) is 2.73. The first kappa shape index (κ1) is 16.2. The standard InChI is InChI=1S/C16H17ClN4OS/c1-2-7-19-8-10-20(11-9-19)12-21-16(23)22-15(18-21)13-5-3-4-6-14(13)17/h1,3-6H,7-12H2. The Morgan fingerprint density at radius 3 is 2.61 bits per heavy atom. The summed E-state index contributed by atoms with van der Waals surface area (Å²) in [6, 6.07) is 7.43. The fourth-order valence-electron chi connectivity index (χ4n) is 2.55. The first-order valence-corrected chi connectivity index (χ1v) is 8.17. The minimum Gasteiger partial charge on any atom is -0.409 e. The fraction of sp³-hybridized carbons (Fsp3) is 0.375. The summed E-state index contributed by atoms with van der Waals surface area (Å²) in [5, 5.41) is 5.06. The van der Waals surface area contributed by atoms with E-state index in [1.165, 1.54) is 0 Å². The highest BCUT2D eigenvalue weighted by Crippen LogP contribution is 2.26. The van der Waals surface area contributed by atoms with Gasteiger partial charge in [0.1, 0.15) is 0 Å². The lowest BCUT2D eigenvalue weighted by Gasteiger charge is -2.33. The number of piperazine rings is 1. The van der Waals surface area contributed by atoms with Crippen LogP contribution in [0, 0.1) is 17.2 Å². The monoisotopic (exact) mass is 348 g/mol. The summed E-state index contributed by atoms with van der Waals surface area (Å²) >= 11 is 11.5. The highest BCUT2D eigenvalue weighted by Gasteiger charge is 2.18. The lowest BCUT2D eigenvalue weighted by molar-refractivity contribution is 0.110. The van der Waals surface area contributed by atoms with Gasteiger partial charge in [0, 0.05) is 26.2 Å². The molecule has 2 aromatic rings. The molecule has 0 radical (unpaired) electrons. The zero-order valence-electron chi connectivity index (χ0n) is 12.6. The third kappa shape index (κ3) is 3.82. The van der Waals surface area contributed by atoms with Crippen LogP contribution in [0.25, 0.3) is 11.5 Å². The van der Waals surface area contributed by atoms with Gasteiger partial charge in [-0.25, -0.2) is 4.68 Å². The molecular weight excluding hydrogens is 332 g/mol. The molecule has 0 atom stereocenters. The van der Waals surface area contributed by atoms with Crippen molar-refractivity contribution >= 4 is 23.8 Å². The van der Waals surface area contributed by atoms with E-state index in [9.17, 15) is 0 Å². The predicted molar refractivity (Wildman–Crippen MR) is 92.6 cm³/mol. The maximum absolute atomic E-state index is 6.18. The molecule has 1 aliphatic heterocycles. The first-order chi connectivity index (χ1) is 11.2. The van der Waals surface area contributed by atoms with Crippen molar-refractivity contribution in [1.29, 1.82) is 0 Å². The summed E-state index contributed by atoms with van der Waals surface area (Å²) in [5.74, 6) is 3.13. The van der Waals surface area contributed by atoms with Crippen molar-refractivity contribution in [2.24, 2.45) is 0 Å². The molecule has 0 N–H and O–H groups in total. The second-order valence-corrected chi connectivity index (χ2v) is 6.15. The second kappa shape index (κ2) is 7.28. The Morgan fingerprint density at radius 2 is 1.91 bits per heavy atom. The molecule has 2 heterocycles. The van der Waals surface area contributed by atoms with Crippen molar-refractivity contribution < 1.29 is 4.42 Å². The third-order valence-electron chi connectivity index (χ3n) is 3.82. The van der Waals surface area contributed by atoms with E-state index >= 15 is 0 Å². The van der Waals surface area contributed by atoms with Crippen LogP contribution in [0.3, 0.4) is 0 Å². The largest absolute Gasteiger partial charge is 0.409 e. The van der Waals surface area contributed by atoms with Crippen LogP contribution in [0.4, 0.5) is 0 Å². The lowest BCUT2D eigenvalue weighted by atomic mass is 10.2. The normalized spacial score (nSPS) is 16.3. The Bertz CT molecular complexity index is 771. The Morgan fingerprint density at radius 1 is 1.22 bits per heavy atom. The average molecular weight is 349 g/mol. The number of nitrogens with zero attached hydrogens (tertiary/aromatic N) is 4. The molecule has 0 spiro atoms. The van der Waals surface area contributed by atoms with E-state index in [2.05, 4.69) is 20.8 Å². The molecule has 1 fully saturated rings. The van der Waals surface area contributed by atoms with E-state index in [1.54, 1.807) is 10.7 Å². The summed E-state index contributed by atoms with van der Waals surface area (Å²) in [5.41, 5.74) is 0.748. The number of hydrogen-bond donors (Lipinski definition) is 0. The van der Waals surface area contributed by atoms with Crippen LogP contribution in [0.2, 0.25) is 5.02 Å². The van der Waals surface area contributed by atoms with Crippen molar-refractivity contribution in [3.63, 3.8) is 0 Å². The lowest BCUT2D eigenvalue weighted by Crippen LogP contribution is -2.46. The zero-order chi connectivity index (χ0) is 16.2. The van der Waals surface area contributed by atoms with Gasteiger partial charge in [-0.2, -0.15) is 0 Å². The SMILES string of the molecule is C#CCN1CCN(Cn2nc(-c3ccccc3Cl)oc2=S)CC1. The number of terminal acetylenes is 1. The molecular formula is C16H17ClN4OS. The van der Waals surface area contributed by atoms with Crippen LogP contribution in [0.5, 0.6) is 0 Å². The van der Waals surface area contributed by atoms with Crippen LogP contribution >= 0.6 is 23.8 Å². The molecule has 7 heteroatoms. The second-order valence-electron chi connectivity index (χ2n) is 5.39. The van der Waals surface area contributed by atoms with Gasteiger partial charge in [0.15, 0.2) is 0 Å². The van der Waals surface area contributed by atoms with Crippen molar-refractivity contribution in [2.75, 3.05) is 32.7 Å². The van der Waals surface area contributed by atoms with E-state index < -0.39 is 0 Å². The van der Waals surface area contributed by atoms with E-state index in [0.717, 1.165) is 31.7 Å². The molecule has 0 saturated carbocycles. The summed E-state index contributed by atoms with van der Waals surface area (Å²) in [6.07, 6.45) is 5.35. The van der Waals surface area contributed by atoms with Crippen molar-refractivity contribution in [2.45, 2.75) is 6.67 Å². The van der Waals surface area contributed by atoms with Gasteiger partial charge in [0.05, 0.1) is 23.8 Å². The molecule has 1 saturated heterocycles. The third-order valence-corrected chi connectivity index (χ3v) is 4.45. The molecule has 0 unspecified atom stereocenters. The highest BCUT2D eigenvalue weighted by molar-refractivity contribution is 7.71. The van der Waals surface area contributed by atoms with Gasteiger partial charge >= 0.3 is 0 Å². The van der Waals surface area contributed by atoms with Crippen molar-refractivity contribution in [3.8, 4) is 23.8 Å². The maximum Gasteiger partial charge on any atom is 0.288 e. The fourth-order valence-corrected chi connectivity index (χ4v) is 2.94. The Labute approximate surface area is 145 Å². The van der Waals surface area contributed by atoms with Crippen LogP contribution in [0.1, 0.15) is 0 Å². The number of aromatic nitrogens is 2. The topological polar surface area (TPSA) is 37.4 Å².